The first-order valence-corrected chi connectivity index (χ1v) is 10.6. The van der Waals surface area contributed by atoms with E-state index in [1.807, 2.05) is 20.8 Å². The van der Waals surface area contributed by atoms with E-state index in [1.54, 1.807) is 36.6 Å². The predicted octanol–water partition coefficient (Wildman–Crippen LogP) is 4.43. The molecule has 0 aliphatic rings. The van der Waals surface area contributed by atoms with Crippen LogP contribution in [0.4, 0.5) is 0 Å². The molecule has 148 valence electrons. The first-order valence-electron chi connectivity index (χ1n) is 8.83. The molecule has 1 aromatic heterocycles. The Morgan fingerprint density at radius 3 is 2.44 bits per heavy atom. The summed E-state index contributed by atoms with van der Waals surface area (Å²) in [5, 5.41) is 10.4. The molecule has 1 N–H and O–H groups in total. The largest absolute Gasteiger partial charge is 0.465 e. The number of halogens is 1. The minimum absolute atomic E-state index is 0.153. The molecular weight excluding hydrogens is 386 g/mol. The molecular formula is C20H26ClNO4S. The number of sulfonamides is 1. The smallest absolute Gasteiger partial charge is 0.243 e. The van der Waals surface area contributed by atoms with Crippen LogP contribution in [0.2, 0.25) is 5.02 Å². The van der Waals surface area contributed by atoms with E-state index in [0.29, 0.717) is 17.2 Å². The highest BCUT2D eigenvalue weighted by atomic mass is 35.5. The lowest BCUT2D eigenvalue weighted by Gasteiger charge is -2.31. The van der Waals surface area contributed by atoms with Crippen LogP contribution in [0.5, 0.6) is 0 Å². The van der Waals surface area contributed by atoms with Gasteiger partial charge >= 0.3 is 0 Å². The number of aliphatic hydroxyl groups excluding tert-OH is 1. The van der Waals surface area contributed by atoms with Gasteiger partial charge in [0.25, 0.3) is 0 Å². The molecule has 5 nitrogen and oxygen atoms in total. The van der Waals surface area contributed by atoms with Crippen molar-refractivity contribution in [3.8, 4) is 0 Å². The zero-order valence-corrected chi connectivity index (χ0v) is 17.4. The van der Waals surface area contributed by atoms with Crippen molar-refractivity contribution in [1.29, 1.82) is 0 Å². The van der Waals surface area contributed by atoms with Gasteiger partial charge in [-0.15, -0.1) is 0 Å². The van der Waals surface area contributed by atoms with Gasteiger partial charge in [0, 0.05) is 17.6 Å². The van der Waals surface area contributed by atoms with E-state index in [2.05, 4.69) is 0 Å². The maximum Gasteiger partial charge on any atom is 0.243 e. The van der Waals surface area contributed by atoms with E-state index in [-0.39, 0.29) is 24.0 Å². The molecule has 0 bridgehead atoms. The van der Waals surface area contributed by atoms with E-state index in [0.717, 1.165) is 5.57 Å². The summed E-state index contributed by atoms with van der Waals surface area (Å²) in [6.07, 6.45) is 3.92. The Kier molecular flexibility index (Phi) is 7.68. The van der Waals surface area contributed by atoms with Gasteiger partial charge in [0.1, 0.15) is 5.76 Å². The van der Waals surface area contributed by atoms with E-state index in [9.17, 15) is 13.5 Å². The summed E-state index contributed by atoms with van der Waals surface area (Å²) in [7, 11) is -3.81. The lowest BCUT2D eigenvalue weighted by Crippen LogP contribution is -2.44. The summed E-state index contributed by atoms with van der Waals surface area (Å²) in [4.78, 5) is 0.153. The fourth-order valence-corrected chi connectivity index (χ4v) is 4.68. The number of hydrogen-bond acceptors (Lipinski definition) is 4. The van der Waals surface area contributed by atoms with Gasteiger partial charge in [-0.25, -0.2) is 8.42 Å². The summed E-state index contributed by atoms with van der Waals surface area (Å²) in [5.74, 6) is 0.889. The molecule has 1 aromatic carbocycles. The van der Waals surface area contributed by atoms with Crippen molar-refractivity contribution in [2.24, 2.45) is 5.92 Å². The number of aliphatic hydroxyl groups is 1. The molecule has 0 saturated heterocycles. The van der Waals surface area contributed by atoms with Crippen molar-refractivity contribution in [2.45, 2.75) is 38.1 Å². The molecule has 2 rings (SSSR count). The number of furan rings is 1. The van der Waals surface area contributed by atoms with Crippen molar-refractivity contribution < 1.29 is 17.9 Å². The Balaban J connectivity index is 2.40. The second-order valence-electron chi connectivity index (χ2n) is 6.98. The molecule has 0 unspecified atom stereocenters. The molecule has 0 fully saturated rings. The molecule has 0 saturated carbocycles. The minimum Gasteiger partial charge on any atom is -0.465 e. The Bertz CT molecular complexity index is 843. The normalized spacial score (nSPS) is 14.1. The highest BCUT2D eigenvalue weighted by Gasteiger charge is 2.31. The van der Waals surface area contributed by atoms with Gasteiger partial charge in [0.2, 0.25) is 10.0 Å². The van der Waals surface area contributed by atoms with Crippen LogP contribution in [0.15, 0.2) is 57.5 Å². The second-order valence-corrected chi connectivity index (χ2v) is 9.30. The molecule has 7 heteroatoms. The van der Waals surface area contributed by atoms with Crippen molar-refractivity contribution >= 4 is 27.7 Å². The van der Waals surface area contributed by atoms with Crippen molar-refractivity contribution in [3.05, 3.63) is 59.0 Å². The Hall–Kier alpha value is -1.60. The summed E-state index contributed by atoms with van der Waals surface area (Å²) in [5.41, 5.74) is 0.810. The highest BCUT2D eigenvalue weighted by molar-refractivity contribution is 7.89. The van der Waals surface area contributed by atoms with Gasteiger partial charge in [-0.05, 0) is 61.7 Å². The summed E-state index contributed by atoms with van der Waals surface area (Å²) in [6.45, 7) is 5.75. The van der Waals surface area contributed by atoms with Crippen molar-refractivity contribution in [1.82, 2.24) is 4.31 Å². The molecule has 0 aliphatic heterocycles. The lowest BCUT2D eigenvalue weighted by molar-refractivity contribution is 0.173. The summed E-state index contributed by atoms with van der Waals surface area (Å²) in [6, 6.07) is 9.13. The van der Waals surface area contributed by atoms with Crippen LogP contribution >= 0.6 is 11.6 Å². The fourth-order valence-electron chi connectivity index (χ4n) is 2.89. The molecule has 1 heterocycles. The fraction of sp³-hybridized carbons (Fsp3) is 0.400. The van der Waals surface area contributed by atoms with Gasteiger partial charge in [-0.2, -0.15) is 4.31 Å². The van der Waals surface area contributed by atoms with Crippen LogP contribution < -0.4 is 0 Å². The molecule has 0 radical (unpaired) electrons. The minimum atomic E-state index is -3.81. The third kappa shape index (κ3) is 5.94. The summed E-state index contributed by atoms with van der Waals surface area (Å²) < 4.78 is 33.2. The number of hydrogen-bond donors (Lipinski definition) is 1. The average molecular weight is 412 g/mol. The number of rotatable bonds is 9. The number of benzene rings is 1. The predicted molar refractivity (Wildman–Crippen MR) is 108 cm³/mol. The first-order chi connectivity index (χ1) is 12.7. The van der Waals surface area contributed by atoms with Crippen molar-refractivity contribution in [3.63, 3.8) is 0 Å². The first kappa shape index (κ1) is 21.7. The van der Waals surface area contributed by atoms with Gasteiger partial charge in [0.05, 0.1) is 17.8 Å². The SMILES string of the molecule is CC(=Cc1ccco1)CN([C@@H](CO)CC(C)C)S(=O)(=O)c1ccc(Cl)cc1. The number of nitrogens with zero attached hydrogens (tertiary/aromatic N) is 1. The van der Waals surface area contributed by atoms with Crippen LogP contribution in [0.3, 0.4) is 0 Å². The van der Waals surface area contributed by atoms with Crippen LogP contribution in [-0.2, 0) is 10.0 Å². The lowest BCUT2D eigenvalue weighted by atomic mass is 10.0. The summed E-state index contributed by atoms with van der Waals surface area (Å²) >= 11 is 5.90. The monoisotopic (exact) mass is 411 g/mol. The molecule has 0 amide bonds. The third-order valence-electron chi connectivity index (χ3n) is 4.12. The Morgan fingerprint density at radius 2 is 1.93 bits per heavy atom. The van der Waals surface area contributed by atoms with Crippen LogP contribution in [0.1, 0.15) is 33.0 Å². The molecule has 0 aliphatic carbocycles. The van der Waals surface area contributed by atoms with E-state index < -0.39 is 16.1 Å². The molecule has 0 spiro atoms. The van der Waals surface area contributed by atoms with E-state index in [1.165, 1.54) is 16.4 Å². The van der Waals surface area contributed by atoms with Gasteiger partial charge < -0.3 is 9.52 Å². The topological polar surface area (TPSA) is 70.8 Å². The molecule has 27 heavy (non-hydrogen) atoms. The van der Waals surface area contributed by atoms with Crippen LogP contribution in [0, 0.1) is 5.92 Å². The quantitative estimate of drug-likeness (QED) is 0.662. The Labute approximate surface area is 166 Å². The van der Waals surface area contributed by atoms with Crippen molar-refractivity contribution in [2.75, 3.05) is 13.2 Å². The van der Waals surface area contributed by atoms with Gasteiger partial charge in [0.15, 0.2) is 0 Å². The standard InChI is InChI=1S/C20H26ClNO4S/c1-15(2)11-18(14-23)22(13-16(3)12-19-5-4-10-26-19)27(24,25)20-8-6-17(21)7-9-20/h4-10,12,15,18,23H,11,13-14H2,1-3H3/t18-/m1/s1. The maximum atomic E-state index is 13.3. The van der Waals surface area contributed by atoms with E-state index >= 15 is 0 Å². The third-order valence-corrected chi connectivity index (χ3v) is 6.28. The van der Waals surface area contributed by atoms with Gasteiger partial charge in [-0.1, -0.05) is 31.0 Å². The maximum absolute atomic E-state index is 13.3. The molecule has 2 aromatic rings. The van der Waals surface area contributed by atoms with E-state index in [4.69, 9.17) is 16.0 Å². The van der Waals surface area contributed by atoms with Gasteiger partial charge in [-0.3, -0.25) is 0 Å². The van der Waals surface area contributed by atoms with Crippen LogP contribution in [-0.4, -0.2) is 37.0 Å². The highest BCUT2D eigenvalue weighted by Crippen LogP contribution is 2.25. The van der Waals surface area contributed by atoms with Crippen LogP contribution in [0.25, 0.3) is 6.08 Å². The second kappa shape index (κ2) is 9.55. The zero-order valence-electron chi connectivity index (χ0n) is 15.8. The molecule has 1 atom stereocenters. The zero-order chi connectivity index (χ0) is 20.0. The Morgan fingerprint density at radius 1 is 1.26 bits per heavy atom. The average Bonchev–Trinajstić information content (AvgIpc) is 3.10.